The van der Waals surface area contributed by atoms with Crippen LogP contribution in [0.15, 0.2) is 30.2 Å². The molecule has 7 heteroatoms. The summed E-state index contributed by atoms with van der Waals surface area (Å²) in [5.74, 6) is -0.962. The molecule has 1 aliphatic carbocycles. The molecule has 24 heavy (non-hydrogen) atoms. The molecule has 116 valence electrons. The molecule has 1 N–H and O–H groups in total. The second kappa shape index (κ2) is 5.82. The van der Waals surface area contributed by atoms with Crippen LogP contribution in [0, 0.1) is 22.7 Å². The van der Waals surface area contributed by atoms with Crippen molar-refractivity contribution in [3.63, 3.8) is 0 Å². The predicted octanol–water partition coefficient (Wildman–Crippen LogP) is 2.35. The minimum absolute atomic E-state index is 0.0599. The van der Waals surface area contributed by atoms with E-state index in [1.807, 2.05) is 0 Å². The van der Waals surface area contributed by atoms with Gasteiger partial charge in [0.1, 0.15) is 29.2 Å². The Balaban J connectivity index is 2.30. The molecule has 3 rings (SSSR count). The van der Waals surface area contributed by atoms with Crippen molar-refractivity contribution in [2.45, 2.75) is 6.92 Å². The number of carbonyl (C=O) groups is 1. The Bertz CT molecular complexity index is 980. The number of aromatic nitrogens is 2. The van der Waals surface area contributed by atoms with Crippen molar-refractivity contribution in [3.8, 4) is 23.4 Å². The van der Waals surface area contributed by atoms with Crippen LogP contribution in [-0.2, 0) is 4.74 Å². The van der Waals surface area contributed by atoms with Gasteiger partial charge in [-0.05, 0) is 6.92 Å². The van der Waals surface area contributed by atoms with Crippen LogP contribution < -0.4 is 0 Å². The highest BCUT2D eigenvalue weighted by atomic mass is 16.6. The monoisotopic (exact) mass is 318 g/mol. The molecule has 0 atom stereocenters. The van der Waals surface area contributed by atoms with Crippen LogP contribution >= 0.6 is 0 Å². The fraction of sp³-hybridized carbons (Fsp3) is 0.118. The molecule has 0 radical (unpaired) electrons. The number of hydrogen-bond donors (Lipinski definition) is 1. The van der Waals surface area contributed by atoms with E-state index in [2.05, 4.69) is 9.97 Å². The maximum atomic E-state index is 12.4. The van der Waals surface area contributed by atoms with Gasteiger partial charge in [0.05, 0.1) is 6.61 Å². The third-order valence-corrected chi connectivity index (χ3v) is 3.49. The highest BCUT2D eigenvalue weighted by molar-refractivity contribution is 6.19. The van der Waals surface area contributed by atoms with Gasteiger partial charge < -0.3 is 9.84 Å². The normalized spacial score (nSPS) is 12.5. The number of rotatable bonds is 3. The van der Waals surface area contributed by atoms with Crippen LogP contribution in [-0.4, -0.2) is 27.5 Å². The smallest absolute Gasteiger partial charge is 0.297 e. The van der Waals surface area contributed by atoms with Gasteiger partial charge in [0, 0.05) is 11.1 Å². The zero-order valence-corrected chi connectivity index (χ0v) is 12.6. The summed E-state index contributed by atoms with van der Waals surface area (Å²) >= 11 is 0. The van der Waals surface area contributed by atoms with Crippen LogP contribution in [0.1, 0.15) is 34.4 Å². The fourth-order valence-electron chi connectivity index (χ4n) is 2.46. The predicted molar refractivity (Wildman–Crippen MR) is 82.4 cm³/mol. The number of aliphatic hydroxyl groups excluding tert-OH is 1. The van der Waals surface area contributed by atoms with Gasteiger partial charge in [-0.2, -0.15) is 10.5 Å². The Hall–Kier alpha value is -3.71. The number of nitrogens with zero attached hydrogens (tertiary/aromatic N) is 4. The number of hydrogen-bond acceptors (Lipinski definition) is 7. The SMILES string of the molecule is CCO/C(O)=C(\C#N)c1nc2c(nc1C#N)C(=O)c1ccccc1-2. The zero-order chi connectivity index (χ0) is 17.3. The molecule has 0 saturated carbocycles. The van der Waals surface area contributed by atoms with Gasteiger partial charge in [-0.25, -0.2) is 9.97 Å². The molecule has 0 bridgehead atoms. The number of carbonyl (C=O) groups excluding carboxylic acids is 1. The topological polar surface area (TPSA) is 120 Å². The maximum Gasteiger partial charge on any atom is 0.297 e. The Morgan fingerprint density at radius 3 is 2.54 bits per heavy atom. The maximum absolute atomic E-state index is 12.4. The van der Waals surface area contributed by atoms with Crippen LogP contribution in [0.3, 0.4) is 0 Å². The average molecular weight is 318 g/mol. The van der Waals surface area contributed by atoms with Gasteiger partial charge >= 0.3 is 0 Å². The number of benzene rings is 1. The number of ketones is 1. The number of aliphatic hydroxyl groups is 1. The molecule has 0 amide bonds. The van der Waals surface area contributed by atoms with E-state index in [4.69, 9.17) is 4.74 Å². The summed E-state index contributed by atoms with van der Waals surface area (Å²) in [7, 11) is 0. The summed E-state index contributed by atoms with van der Waals surface area (Å²) in [6, 6.07) is 10.4. The molecule has 0 fully saturated rings. The molecule has 1 heterocycles. The summed E-state index contributed by atoms with van der Waals surface area (Å²) in [6.45, 7) is 1.78. The van der Waals surface area contributed by atoms with Gasteiger partial charge in [0.2, 0.25) is 5.78 Å². The van der Waals surface area contributed by atoms with E-state index in [1.165, 1.54) is 0 Å². The number of ether oxygens (including phenoxy) is 1. The Labute approximate surface area is 137 Å². The number of nitriles is 2. The van der Waals surface area contributed by atoms with Crippen LogP contribution in [0.25, 0.3) is 16.8 Å². The summed E-state index contributed by atoms with van der Waals surface area (Å²) in [5, 5.41) is 28.5. The first-order valence-corrected chi connectivity index (χ1v) is 7.05. The fourth-order valence-corrected chi connectivity index (χ4v) is 2.46. The Morgan fingerprint density at radius 2 is 1.92 bits per heavy atom. The lowest BCUT2D eigenvalue weighted by molar-refractivity contribution is 0.103. The molecule has 1 aliphatic rings. The minimum atomic E-state index is -0.636. The molecule has 0 saturated heterocycles. The first-order valence-electron chi connectivity index (χ1n) is 7.05. The molecule has 1 aromatic carbocycles. The lowest BCUT2D eigenvalue weighted by atomic mass is 10.1. The lowest BCUT2D eigenvalue weighted by Crippen LogP contribution is -2.07. The molecule has 0 unspecified atom stereocenters. The molecular formula is C17H10N4O3. The lowest BCUT2D eigenvalue weighted by Gasteiger charge is -2.07. The third-order valence-electron chi connectivity index (χ3n) is 3.49. The van der Waals surface area contributed by atoms with E-state index in [9.17, 15) is 20.4 Å². The van der Waals surface area contributed by atoms with Crippen molar-refractivity contribution in [1.82, 2.24) is 9.97 Å². The molecular weight excluding hydrogens is 308 g/mol. The highest BCUT2D eigenvalue weighted by Crippen LogP contribution is 2.35. The van der Waals surface area contributed by atoms with Gasteiger partial charge in [-0.15, -0.1) is 0 Å². The molecule has 1 aromatic heterocycles. The molecule has 0 aliphatic heterocycles. The Morgan fingerprint density at radius 1 is 1.21 bits per heavy atom. The van der Waals surface area contributed by atoms with Crippen molar-refractivity contribution in [2.24, 2.45) is 0 Å². The van der Waals surface area contributed by atoms with Gasteiger partial charge in [0.25, 0.3) is 5.95 Å². The van der Waals surface area contributed by atoms with E-state index < -0.39 is 5.95 Å². The van der Waals surface area contributed by atoms with Crippen molar-refractivity contribution in [2.75, 3.05) is 6.61 Å². The summed E-state index contributed by atoms with van der Waals surface area (Å²) in [6.07, 6.45) is 0. The van der Waals surface area contributed by atoms with E-state index in [0.717, 1.165) is 0 Å². The molecule has 0 spiro atoms. The second-order valence-corrected chi connectivity index (χ2v) is 4.83. The van der Waals surface area contributed by atoms with Gasteiger partial charge in [0.15, 0.2) is 11.3 Å². The number of fused-ring (bicyclic) bond motifs is 3. The Kier molecular flexibility index (Phi) is 3.69. The van der Waals surface area contributed by atoms with E-state index in [0.29, 0.717) is 11.1 Å². The van der Waals surface area contributed by atoms with Crippen molar-refractivity contribution >= 4 is 11.4 Å². The molecule has 7 nitrogen and oxygen atoms in total. The standard InChI is InChI=1S/C17H10N4O3/c1-2-24-17(23)11(7-18)13-12(8-19)20-15-14(21-13)9-5-3-4-6-10(9)16(15)22/h3-6,23H,2H2,1H3/b17-11+. The summed E-state index contributed by atoms with van der Waals surface area (Å²) < 4.78 is 4.93. The second-order valence-electron chi connectivity index (χ2n) is 4.83. The average Bonchev–Trinajstić information content (AvgIpc) is 2.88. The van der Waals surface area contributed by atoms with Gasteiger partial charge in [-0.1, -0.05) is 24.3 Å². The first-order chi connectivity index (χ1) is 11.6. The highest BCUT2D eigenvalue weighted by Gasteiger charge is 2.32. The van der Waals surface area contributed by atoms with E-state index >= 15 is 0 Å². The van der Waals surface area contributed by atoms with Gasteiger partial charge in [-0.3, -0.25) is 4.79 Å². The van der Waals surface area contributed by atoms with Crippen LogP contribution in [0.5, 0.6) is 0 Å². The largest absolute Gasteiger partial charge is 0.480 e. The van der Waals surface area contributed by atoms with Crippen LogP contribution in [0.2, 0.25) is 0 Å². The third kappa shape index (κ3) is 2.16. The van der Waals surface area contributed by atoms with Crippen LogP contribution in [0.4, 0.5) is 0 Å². The molecule has 2 aromatic rings. The minimum Gasteiger partial charge on any atom is -0.480 e. The zero-order valence-electron chi connectivity index (χ0n) is 12.6. The summed E-state index contributed by atoms with van der Waals surface area (Å²) in [5.41, 5.74) is 0.702. The van der Waals surface area contributed by atoms with Crippen molar-refractivity contribution in [1.29, 1.82) is 10.5 Å². The number of allylic oxidation sites excluding steroid dienone is 1. The van der Waals surface area contributed by atoms with Crippen molar-refractivity contribution in [3.05, 3.63) is 52.9 Å². The quantitative estimate of drug-likeness (QED) is 0.581. The van der Waals surface area contributed by atoms with Crippen molar-refractivity contribution < 1.29 is 14.6 Å². The van der Waals surface area contributed by atoms with E-state index in [1.54, 1.807) is 43.3 Å². The summed E-state index contributed by atoms with van der Waals surface area (Å²) in [4.78, 5) is 20.7. The van der Waals surface area contributed by atoms with E-state index in [-0.39, 0.29) is 40.7 Å². The first kappa shape index (κ1) is 15.2.